The third-order valence-electron chi connectivity index (χ3n) is 4.06. The fourth-order valence-electron chi connectivity index (χ4n) is 2.91. The van der Waals surface area contributed by atoms with Crippen molar-refractivity contribution in [3.8, 4) is 0 Å². The predicted molar refractivity (Wildman–Crippen MR) is 99.6 cm³/mol. The van der Waals surface area contributed by atoms with Gasteiger partial charge in [0.05, 0.1) is 6.42 Å². The Bertz CT molecular complexity index is 931. The van der Waals surface area contributed by atoms with Gasteiger partial charge in [0.1, 0.15) is 0 Å². The maximum atomic E-state index is 12.3. The molecule has 0 unspecified atom stereocenters. The Morgan fingerprint density at radius 2 is 1.88 bits per heavy atom. The van der Waals surface area contributed by atoms with Crippen molar-refractivity contribution in [3.05, 3.63) is 58.7 Å². The molecule has 1 aromatic carbocycles. The van der Waals surface area contributed by atoms with Crippen molar-refractivity contribution in [2.75, 3.05) is 14.1 Å². The van der Waals surface area contributed by atoms with Crippen molar-refractivity contribution < 1.29 is 4.79 Å². The van der Waals surface area contributed by atoms with Crippen LogP contribution in [0.1, 0.15) is 28.3 Å². The summed E-state index contributed by atoms with van der Waals surface area (Å²) >= 11 is 0. The van der Waals surface area contributed by atoms with Crippen LogP contribution < -0.4 is 5.32 Å². The lowest BCUT2D eigenvalue weighted by Gasteiger charge is -2.14. The van der Waals surface area contributed by atoms with Crippen LogP contribution in [-0.2, 0) is 24.3 Å². The van der Waals surface area contributed by atoms with Gasteiger partial charge in [-0.3, -0.25) is 4.79 Å². The molecule has 26 heavy (non-hydrogen) atoms. The number of amides is 1. The van der Waals surface area contributed by atoms with Crippen LogP contribution in [0.2, 0.25) is 0 Å². The van der Waals surface area contributed by atoms with Crippen LogP contribution in [0.3, 0.4) is 0 Å². The summed E-state index contributed by atoms with van der Waals surface area (Å²) in [6, 6.07) is 10.1. The second kappa shape index (κ2) is 7.61. The predicted octanol–water partition coefficient (Wildman–Crippen LogP) is 1.66. The van der Waals surface area contributed by atoms with E-state index in [-0.39, 0.29) is 12.3 Å². The van der Waals surface area contributed by atoms with Crippen LogP contribution >= 0.6 is 0 Å². The molecular formula is C19H24N6O. The first-order valence-corrected chi connectivity index (χ1v) is 8.60. The van der Waals surface area contributed by atoms with Crippen molar-refractivity contribution in [2.24, 2.45) is 0 Å². The van der Waals surface area contributed by atoms with Gasteiger partial charge in [-0.2, -0.15) is 4.98 Å². The molecule has 2 heterocycles. The number of rotatable bonds is 6. The number of nitrogens with one attached hydrogen (secondary N) is 1. The van der Waals surface area contributed by atoms with E-state index in [4.69, 9.17) is 0 Å². The molecule has 0 saturated heterocycles. The minimum absolute atomic E-state index is 0.102. The van der Waals surface area contributed by atoms with Crippen molar-refractivity contribution in [1.29, 1.82) is 0 Å². The lowest BCUT2D eigenvalue weighted by Crippen LogP contribution is -2.26. The Hall–Kier alpha value is -2.80. The lowest BCUT2D eigenvalue weighted by molar-refractivity contribution is -0.120. The van der Waals surface area contributed by atoms with Crippen LogP contribution in [0.5, 0.6) is 0 Å². The summed E-state index contributed by atoms with van der Waals surface area (Å²) < 4.78 is 1.67. The average Bonchev–Trinajstić information content (AvgIpc) is 2.96. The van der Waals surface area contributed by atoms with Crippen molar-refractivity contribution in [1.82, 2.24) is 29.8 Å². The molecule has 2 aromatic heterocycles. The minimum Gasteiger partial charge on any atom is -0.352 e. The highest BCUT2D eigenvalue weighted by Crippen LogP contribution is 2.10. The second-order valence-corrected chi connectivity index (χ2v) is 6.74. The standard InChI is InChI=1S/C19H24N6O/c1-13-9-14(2)25-19(21-13)22-17(23-25)10-18(26)20-11-15-7-5-6-8-16(15)12-24(3)4/h5-9H,10-12H2,1-4H3,(H,20,26). The van der Waals surface area contributed by atoms with Crippen molar-refractivity contribution in [3.63, 3.8) is 0 Å². The lowest BCUT2D eigenvalue weighted by atomic mass is 10.1. The molecule has 0 spiro atoms. The molecule has 0 aliphatic carbocycles. The van der Waals surface area contributed by atoms with Gasteiger partial charge < -0.3 is 10.2 Å². The van der Waals surface area contributed by atoms with Gasteiger partial charge in [-0.25, -0.2) is 9.50 Å². The largest absolute Gasteiger partial charge is 0.352 e. The fourth-order valence-corrected chi connectivity index (χ4v) is 2.91. The topological polar surface area (TPSA) is 75.4 Å². The van der Waals surface area contributed by atoms with Gasteiger partial charge in [-0.05, 0) is 45.1 Å². The molecule has 0 fully saturated rings. The molecule has 0 radical (unpaired) electrons. The number of carbonyl (C=O) groups is 1. The van der Waals surface area contributed by atoms with Crippen LogP contribution in [0.4, 0.5) is 0 Å². The summed E-state index contributed by atoms with van der Waals surface area (Å²) in [6.45, 7) is 5.19. The molecule has 7 heteroatoms. The Morgan fingerprint density at radius 1 is 1.15 bits per heavy atom. The van der Waals surface area contributed by atoms with Crippen LogP contribution in [0.25, 0.3) is 5.78 Å². The molecule has 1 N–H and O–H groups in total. The molecule has 0 bridgehead atoms. The van der Waals surface area contributed by atoms with E-state index < -0.39 is 0 Å². The van der Waals surface area contributed by atoms with E-state index in [1.807, 2.05) is 52.2 Å². The van der Waals surface area contributed by atoms with E-state index in [1.54, 1.807) is 4.52 Å². The normalized spacial score (nSPS) is 11.3. The first kappa shape index (κ1) is 18.0. The zero-order chi connectivity index (χ0) is 18.7. The first-order valence-electron chi connectivity index (χ1n) is 8.60. The SMILES string of the molecule is Cc1cc(C)n2nc(CC(=O)NCc3ccccc3CN(C)C)nc2n1. The summed E-state index contributed by atoms with van der Waals surface area (Å²) in [6.07, 6.45) is 0.137. The fraction of sp³-hybridized carbons (Fsp3) is 0.368. The van der Waals surface area contributed by atoms with Gasteiger partial charge in [0.15, 0.2) is 5.82 Å². The van der Waals surface area contributed by atoms with Crippen molar-refractivity contribution in [2.45, 2.75) is 33.4 Å². The molecule has 3 aromatic rings. The number of nitrogens with zero attached hydrogens (tertiary/aromatic N) is 5. The van der Waals surface area contributed by atoms with Crippen LogP contribution in [0.15, 0.2) is 30.3 Å². The van der Waals surface area contributed by atoms with Gasteiger partial charge >= 0.3 is 0 Å². The highest BCUT2D eigenvalue weighted by molar-refractivity contribution is 5.77. The maximum Gasteiger partial charge on any atom is 0.252 e. The molecule has 7 nitrogen and oxygen atoms in total. The van der Waals surface area contributed by atoms with Gasteiger partial charge in [-0.1, -0.05) is 24.3 Å². The molecule has 0 saturated carbocycles. The van der Waals surface area contributed by atoms with E-state index in [9.17, 15) is 4.79 Å². The van der Waals surface area contributed by atoms with Crippen LogP contribution in [-0.4, -0.2) is 44.5 Å². The molecule has 0 aliphatic rings. The Morgan fingerprint density at radius 3 is 2.62 bits per heavy atom. The van der Waals surface area contributed by atoms with Gasteiger partial charge in [0.2, 0.25) is 5.91 Å². The van der Waals surface area contributed by atoms with E-state index in [0.29, 0.717) is 18.1 Å². The monoisotopic (exact) mass is 352 g/mol. The molecule has 1 amide bonds. The molecular weight excluding hydrogens is 328 g/mol. The Labute approximate surface area is 153 Å². The van der Waals surface area contributed by atoms with E-state index in [0.717, 1.165) is 23.5 Å². The highest BCUT2D eigenvalue weighted by Gasteiger charge is 2.12. The molecule has 0 atom stereocenters. The van der Waals surface area contributed by atoms with E-state index in [2.05, 4.69) is 31.3 Å². The smallest absolute Gasteiger partial charge is 0.252 e. The summed E-state index contributed by atoms with van der Waals surface area (Å²) in [5.41, 5.74) is 4.16. The highest BCUT2D eigenvalue weighted by atomic mass is 16.1. The number of aromatic nitrogens is 4. The number of hydrogen-bond donors (Lipinski definition) is 1. The van der Waals surface area contributed by atoms with Gasteiger partial charge in [0.25, 0.3) is 5.78 Å². The Kier molecular flexibility index (Phi) is 5.27. The second-order valence-electron chi connectivity index (χ2n) is 6.74. The zero-order valence-corrected chi connectivity index (χ0v) is 15.7. The number of fused-ring (bicyclic) bond motifs is 1. The number of hydrogen-bond acceptors (Lipinski definition) is 5. The molecule has 3 rings (SSSR count). The summed E-state index contributed by atoms with van der Waals surface area (Å²) in [5, 5.41) is 7.35. The number of benzene rings is 1. The first-order chi connectivity index (χ1) is 12.4. The van der Waals surface area contributed by atoms with Crippen molar-refractivity contribution >= 4 is 11.7 Å². The third kappa shape index (κ3) is 4.23. The van der Waals surface area contributed by atoms with Gasteiger partial charge in [0, 0.05) is 24.5 Å². The maximum absolute atomic E-state index is 12.3. The molecule has 0 aliphatic heterocycles. The average molecular weight is 352 g/mol. The van der Waals surface area contributed by atoms with Crippen LogP contribution in [0, 0.1) is 13.8 Å². The minimum atomic E-state index is -0.102. The van der Waals surface area contributed by atoms with Gasteiger partial charge in [-0.15, -0.1) is 5.10 Å². The Balaban J connectivity index is 1.66. The molecule has 136 valence electrons. The van der Waals surface area contributed by atoms with E-state index in [1.165, 1.54) is 5.56 Å². The third-order valence-corrected chi connectivity index (χ3v) is 4.06. The summed E-state index contributed by atoms with van der Waals surface area (Å²) in [7, 11) is 4.06. The summed E-state index contributed by atoms with van der Waals surface area (Å²) in [4.78, 5) is 23.1. The summed E-state index contributed by atoms with van der Waals surface area (Å²) in [5.74, 6) is 0.904. The van der Waals surface area contributed by atoms with E-state index >= 15 is 0 Å². The quantitative estimate of drug-likeness (QED) is 0.730. The number of aryl methyl sites for hydroxylation is 2. The zero-order valence-electron chi connectivity index (χ0n) is 15.7. The number of carbonyl (C=O) groups excluding carboxylic acids is 1.